The van der Waals surface area contributed by atoms with Crippen molar-refractivity contribution in [2.24, 2.45) is 0 Å². The number of carboxylic acids is 1. The third kappa shape index (κ3) is 4.70. The minimum atomic E-state index is -0.798. The molecule has 112 valence electrons. The zero-order valence-electron chi connectivity index (χ0n) is 12.1. The summed E-state index contributed by atoms with van der Waals surface area (Å²) in [5, 5.41) is 17.3. The summed E-state index contributed by atoms with van der Waals surface area (Å²) < 4.78 is 0. The molecule has 1 fully saturated rings. The number of hydrogen-bond acceptors (Lipinski definition) is 4. The molecule has 1 aliphatic rings. The van der Waals surface area contributed by atoms with Crippen molar-refractivity contribution in [1.82, 2.24) is 14.7 Å². The van der Waals surface area contributed by atoms with E-state index >= 15 is 0 Å². The number of piperazine rings is 1. The molecule has 0 aromatic carbocycles. The molecule has 1 heterocycles. The zero-order valence-corrected chi connectivity index (χ0v) is 12.1. The average Bonchev–Trinajstić information content (AvgIpc) is 2.44. The van der Waals surface area contributed by atoms with Gasteiger partial charge in [0.2, 0.25) is 0 Å². The topological polar surface area (TPSA) is 87.9 Å². The molecule has 0 spiro atoms. The molecule has 1 unspecified atom stereocenters. The van der Waals surface area contributed by atoms with Gasteiger partial charge in [0.15, 0.2) is 0 Å². The highest BCUT2D eigenvalue weighted by Gasteiger charge is 2.25. The normalized spacial score (nSPS) is 17.4. The van der Waals surface area contributed by atoms with Crippen molar-refractivity contribution in [3.05, 3.63) is 0 Å². The highest BCUT2D eigenvalue weighted by molar-refractivity contribution is 5.74. The Hall–Kier alpha value is -1.81. The molecule has 7 heteroatoms. The van der Waals surface area contributed by atoms with Crippen LogP contribution in [0, 0.1) is 11.3 Å². The van der Waals surface area contributed by atoms with Crippen LogP contribution in [-0.2, 0) is 4.79 Å². The van der Waals surface area contributed by atoms with Gasteiger partial charge in [-0.1, -0.05) is 0 Å². The number of carboxylic acid groups (broad SMARTS) is 1. The average molecular weight is 282 g/mol. The van der Waals surface area contributed by atoms with Crippen molar-refractivity contribution in [2.45, 2.75) is 25.8 Å². The fourth-order valence-corrected chi connectivity index (χ4v) is 2.10. The van der Waals surface area contributed by atoms with Crippen LogP contribution in [0.4, 0.5) is 4.79 Å². The number of hydrogen-bond donors (Lipinski definition) is 1. The highest BCUT2D eigenvalue weighted by atomic mass is 16.4. The van der Waals surface area contributed by atoms with Crippen LogP contribution >= 0.6 is 0 Å². The van der Waals surface area contributed by atoms with Gasteiger partial charge in [-0.3, -0.25) is 9.69 Å². The van der Waals surface area contributed by atoms with Crippen LogP contribution in [0.15, 0.2) is 0 Å². The van der Waals surface area contributed by atoms with Crippen LogP contribution in [0.3, 0.4) is 0 Å². The monoisotopic (exact) mass is 282 g/mol. The van der Waals surface area contributed by atoms with E-state index < -0.39 is 5.97 Å². The maximum atomic E-state index is 12.2. The second kappa shape index (κ2) is 7.70. The van der Waals surface area contributed by atoms with E-state index in [2.05, 4.69) is 11.0 Å². The van der Waals surface area contributed by atoms with Gasteiger partial charge in [-0.2, -0.15) is 5.26 Å². The lowest BCUT2D eigenvalue weighted by atomic mass is 10.2. The van der Waals surface area contributed by atoms with Crippen LogP contribution in [0.25, 0.3) is 0 Å². The largest absolute Gasteiger partial charge is 0.481 e. The number of amides is 2. The molecule has 0 bridgehead atoms. The first-order chi connectivity index (χ1) is 9.45. The molecular weight excluding hydrogens is 260 g/mol. The van der Waals surface area contributed by atoms with Crippen molar-refractivity contribution in [3.8, 4) is 6.07 Å². The predicted octanol–water partition coefficient (Wildman–Crippen LogP) is 0.433. The predicted molar refractivity (Wildman–Crippen MR) is 73.1 cm³/mol. The van der Waals surface area contributed by atoms with Crippen molar-refractivity contribution in [2.75, 3.05) is 39.8 Å². The van der Waals surface area contributed by atoms with Gasteiger partial charge in [-0.25, -0.2) is 4.79 Å². The smallest absolute Gasteiger partial charge is 0.320 e. The van der Waals surface area contributed by atoms with E-state index in [0.29, 0.717) is 39.1 Å². The Morgan fingerprint density at radius 2 is 1.95 bits per heavy atom. The Morgan fingerprint density at radius 3 is 2.45 bits per heavy atom. The molecule has 0 aromatic heterocycles. The number of urea groups is 1. The molecule has 0 saturated carbocycles. The second-order valence-corrected chi connectivity index (χ2v) is 5.08. The number of aliphatic carboxylic acids is 1. The van der Waals surface area contributed by atoms with Gasteiger partial charge >= 0.3 is 12.0 Å². The summed E-state index contributed by atoms with van der Waals surface area (Å²) in [4.78, 5) is 28.1. The molecule has 1 aliphatic heterocycles. The van der Waals surface area contributed by atoms with E-state index in [1.165, 1.54) is 0 Å². The van der Waals surface area contributed by atoms with Crippen LogP contribution in [0.5, 0.6) is 0 Å². The Balaban J connectivity index is 2.39. The fraction of sp³-hybridized carbons (Fsp3) is 0.769. The molecule has 20 heavy (non-hydrogen) atoms. The second-order valence-electron chi connectivity index (χ2n) is 5.08. The van der Waals surface area contributed by atoms with Gasteiger partial charge in [-0.05, 0) is 6.92 Å². The number of nitriles is 1. The standard InChI is InChI=1S/C13H22N4O3/c1-11(3-5-14)15(2)13(20)17-9-7-16(8-10-17)6-4-12(18)19/h11H,3-4,6-10H2,1-2H3,(H,18,19). The van der Waals surface area contributed by atoms with E-state index in [0.717, 1.165) is 0 Å². The van der Waals surface area contributed by atoms with Crippen LogP contribution in [0.2, 0.25) is 0 Å². The van der Waals surface area contributed by atoms with Gasteiger partial charge in [0.25, 0.3) is 0 Å². The minimum Gasteiger partial charge on any atom is -0.481 e. The Kier molecular flexibility index (Phi) is 6.25. The summed E-state index contributed by atoms with van der Waals surface area (Å²) in [6, 6.07) is 1.90. The van der Waals surface area contributed by atoms with E-state index in [-0.39, 0.29) is 18.5 Å². The quantitative estimate of drug-likeness (QED) is 0.790. The van der Waals surface area contributed by atoms with E-state index in [1.807, 2.05) is 6.92 Å². The van der Waals surface area contributed by atoms with Gasteiger partial charge in [0.05, 0.1) is 18.9 Å². The summed E-state index contributed by atoms with van der Waals surface area (Å²) in [6.45, 7) is 4.96. The molecule has 1 atom stereocenters. The number of nitrogens with zero attached hydrogens (tertiary/aromatic N) is 4. The van der Waals surface area contributed by atoms with Gasteiger partial charge < -0.3 is 14.9 Å². The number of carbonyl (C=O) groups is 2. The SMILES string of the molecule is CC(CC#N)N(C)C(=O)N1CCN(CCC(=O)O)CC1. The molecule has 1 N–H and O–H groups in total. The highest BCUT2D eigenvalue weighted by Crippen LogP contribution is 2.09. The van der Waals surface area contributed by atoms with Crippen molar-refractivity contribution < 1.29 is 14.7 Å². The van der Waals surface area contributed by atoms with Crippen molar-refractivity contribution in [1.29, 1.82) is 5.26 Å². The van der Waals surface area contributed by atoms with Crippen molar-refractivity contribution in [3.63, 3.8) is 0 Å². The molecule has 2 amide bonds. The summed E-state index contributed by atoms with van der Waals surface area (Å²) in [5.41, 5.74) is 0. The summed E-state index contributed by atoms with van der Waals surface area (Å²) in [6.07, 6.45) is 0.452. The molecule has 1 rings (SSSR count). The van der Waals surface area contributed by atoms with Crippen molar-refractivity contribution >= 4 is 12.0 Å². The summed E-state index contributed by atoms with van der Waals surface area (Å²) >= 11 is 0. The summed E-state index contributed by atoms with van der Waals surface area (Å²) in [7, 11) is 1.71. The Morgan fingerprint density at radius 1 is 1.35 bits per heavy atom. The first-order valence-corrected chi connectivity index (χ1v) is 6.78. The third-order valence-corrected chi connectivity index (χ3v) is 3.63. The minimum absolute atomic E-state index is 0.0642. The van der Waals surface area contributed by atoms with Gasteiger partial charge in [0, 0.05) is 45.8 Å². The molecule has 0 radical (unpaired) electrons. The Bertz CT molecular complexity index is 386. The Labute approximate surface area is 119 Å². The summed E-state index contributed by atoms with van der Waals surface area (Å²) in [5.74, 6) is -0.798. The lowest BCUT2D eigenvalue weighted by Gasteiger charge is -2.37. The number of carbonyl (C=O) groups excluding carboxylic acids is 1. The van der Waals surface area contributed by atoms with Crippen LogP contribution < -0.4 is 0 Å². The molecule has 0 aliphatic carbocycles. The first-order valence-electron chi connectivity index (χ1n) is 6.78. The van der Waals surface area contributed by atoms with Crippen LogP contribution in [-0.4, -0.2) is 77.6 Å². The van der Waals surface area contributed by atoms with Gasteiger partial charge in [0.1, 0.15) is 0 Å². The number of rotatable bonds is 5. The molecule has 1 saturated heterocycles. The van der Waals surface area contributed by atoms with E-state index in [4.69, 9.17) is 10.4 Å². The van der Waals surface area contributed by atoms with Crippen LogP contribution in [0.1, 0.15) is 19.8 Å². The van der Waals surface area contributed by atoms with E-state index in [1.54, 1.807) is 16.8 Å². The maximum absolute atomic E-state index is 12.2. The molecule has 7 nitrogen and oxygen atoms in total. The first kappa shape index (κ1) is 16.2. The fourth-order valence-electron chi connectivity index (χ4n) is 2.10. The lowest BCUT2D eigenvalue weighted by Crippen LogP contribution is -2.53. The molecule has 0 aromatic rings. The lowest BCUT2D eigenvalue weighted by molar-refractivity contribution is -0.137. The zero-order chi connectivity index (χ0) is 15.1. The van der Waals surface area contributed by atoms with Gasteiger partial charge in [-0.15, -0.1) is 0 Å². The molecular formula is C13H22N4O3. The van der Waals surface area contributed by atoms with E-state index in [9.17, 15) is 9.59 Å². The third-order valence-electron chi connectivity index (χ3n) is 3.63. The maximum Gasteiger partial charge on any atom is 0.320 e.